The van der Waals surface area contributed by atoms with E-state index in [9.17, 15) is 9.90 Å². The van der Waals surface area contributed by atoms with Crippen molar-refractivity contribution in [3.05, 3.63) is 16.1 Å². The summed E-state index contributed by atoms with van der Waals surface area (Å²) in [6.45, 7) is 8.61. The van der Waals surface area contributed by atoms with E-state index in [-0.39, 0.29) is 11.1 Å². The van der Waals surface area contributed by atoms with Gasteiger partial charge in [-0.2, -0.15) is 0 Å². The first kappa shape index (κ1) is 16.1. The molecule has 0 saturated heterocycles. The molecule has 0 aliphatic rings. The van der Waals surface area contributed by atoms with E-state index in [4.69, 9.17) is 4.74 Å². The minimum absolute atomic E-state index is 0.224. The van der Waals surface area contributed by atoms with E-state index >= 15 is 0 Å². The van der Waals surface area contributed by atoms with Crippen molar-refractivity contribution in [3.63, 3.8) is 0 Å². The van der Waals surface area contributed by atoms with Gasteiger partial charge >= 0.3 is 5.97 Å². The number of aliphatic hydroxyl groups is 1. The molecule has 0 unspecified atom stereocenters. The number of ether oxygens (including phenoxy) is 1. The number of hydrogen-bond donors (Lipinski definition) is 1. The van der Waals surface area contributed by atoms with Gasteiger partial charge in [-0.25, -0.2) is 9.78 Å². The van der Waals surface area contributed by atoms with E-state index in [2.05, 4.69) is 25.8 Å². The Hall–Kier alpha value is -0.940. The predicted octanol–water partition coefficient (Wildman–Crippen LogP) is 3.57. The topological polar surface area (TPSA) is 59.4 Å². The van der Waals surface area contributed by atoms with Gasteiger partial charge in [-0.05, 0) is 25.2 Å². The molecule has 0 aliphatic carbocycles. The highest BCUT2D eigenvalue weighted by Gasteiger charge is 2.21. The standard InChI is InChI=1S/C14H23NO3S/c1-5-14(3,4)8-7-11(16)12-15-10(9-19-12)13(17)18-6-2/h9,11,16H,5-8H2,1-4H3/t11-/m1/s1. The van der Waals surface area contributed by atoms with E-state index in [0.717, 1.165) is 12.8 Å². The molecular formula is C14H23NO3S. The summed E-state index contributed by atoms with van der Waals surface area (Å²) in [7, 11) is 0. The second-order valence-electron chi connectivity index (χ2n) is 5.36. The highest BCUT2D eigenvalue weighted by molar-refractivity contribution is 7.09. The van der Waals surface area contributed by atoms with Crippen LogP contribution in [0.1, 0.15) is 68.6 Å². The summed E-state index contributed by atoms with van der Waals surface area (Å²) in [4.78, 5) is 15.6. The monoisotopic (exact) mass is 285 g/mol. The van der Waals surface area contributed by atoms with Crippen LogP contribution in [-0.4, -0.2) is 22.7 Å². The molecule has 0 aliphatic heterocycles. The van der Waals surface area contributed by atoms with Crippen LogP contribution in [-0.2, 0) is 4.74 Å². The van der Waals surface area contributed by atoms with Crippen LogP contribution in [0.25, 0.3) is 0 Å². The maximum Gasteiger partial charge on any atom is 0.357 e. The number of carbonyl (C=O) groups is 1. The Morgan fingerprint density at radius 1 is 1.53 bits per heavy atom. The van der Waals surface area contributed by atoms with Crippen LogP contribution in [0.3, 0.4) is 0 Å². The molecule has 0 spiro atoms. The van der Waals surface area contributed by atoms with Gasteiger partial charge in [-0.1, -0.05) is 27.2 Å². The molecule has 4 nitrogen and oxygen atoms in total. The maximum atomic E-state index is 11.5. The number of aromatic nitrogens is 1. The van der Waals surface area contributed by atoms with Crippen LogP contribution in [0.2, 0.25) is 0 Å². The summed E-state index contributed by atoms with van der Waals surface area (Å²) < 4.78 is 4.88. The average Bonchev–Trinajstić information content (AvgIpc) is 2.86. The molecule has 0 saturated carbocycles. The SMILES string of the molecule is CCOC(=O)c1csc([C@H](O)CCC(C)(C)CC)n1. The predicted molar refractivity (Wildman–Crippen MR) is 76.3 cm³/mol. The molecule has 1 aromatic heterocycles. The fourth-order valence-corrected chi connectivity index (χ4v) is 2.37. The second-order valence-corrected chi connectivity index (χ2v) is 6.25. The maximum absolute atomic E-state index is 11.5. The van der Waals surface area contributed by atoms with Gasteiger partial charge in [0, 0.05) is 5.38 Å². The fourth-order valence-electron chi connectivity index (χ4n) is 1.57. The van der Waals surface area contributed by atoms with Crippen molar-refractivity contribution in [1.29, 1.82) is 0 Å². The van der Waals surface area contributed by atoms with Crippen molar-refractivity contribution in [3.8, 4) is 0 Å². The first-order valence-corrected chi connectivity index (χ1v) is 7.58. The number of aliphatic hydroxyl groups excluding tert-OH is 1. The molecule has 19 heavy (non-hydrogen) atoms. The number of thiazole rings is 1. The second kappa shape index (κ2) is 7.01. The Labute approximate surface area is 118 Å². The lowest BCUT2D eigenvalue weighted by molar-refractivity contribution is 0.0519. The third-order valence-corrected chi connectivity index (χ3v) is 4.29. The van der Waals surface area contributed by atoms with Crippen molar-refractivity contribution in [2.75, 3.05) is 6.61 Å². The van der Waals surface area contributed by atoms with Gasteiger partial charge in [0.05, 0.1) is 6.61 Å². The number of hydrogen-bond acceptors (Lipinski definition) is 5. The summed E-state index contributed by atoms with van der Waals surface area (Å²) in [5, 5.41) is 12.3. The first-order chi connectivity index (χ1) is 8.89. The van der Waals surface area contributed by atoms with Crippen molar-refractivity contribution in [2.24, 2.45) is 5.41 Å². The zero-order valence-electron chi connectivity index (χ0n) is 12.1. The van der Waals surface area contributed by atoms with Crippen LogP contribution >= 0.6 is 11.3 Å². The minimum Gasteiger partial charge on any atom is -0.461 e. The largest absolute Gasteiger partial charge is 0.461 e. The van der Waals surface area contributed by atoms with Crippen molar-refractivity contribution in [1.82, 2.24) is 4.98 Å². The molecule has 0 amide bonds. The molecule has 1 N–H and O–H groups in total. The van der Waals surface area contributed by atoms with Crippen LogP contribution in [0.5, 0.6) is 0 Å². The number of rotatable bonds is 7. The van der Waals surface area contributed by atoms with Crippen LogP contribution in [0.15, 0.2) is 5.38 Å². The molecule has 5 heteroatoms. The van der Waals surface area contributed by atoms with Crippen LogP contribution in [0, 0.1) is 5.41 Å². The van der Waals surface area contributed by atoms with E-state index in [1.54, 1.807) is 12.3 Å². The molecule has 1 atom stereocenters. The normalized spacial score (nSPS) is 13.3. The van der Waals surface area contributed by atoms with Gasteiger partial charge in [-0.15, -0.1) is 11.3 Å². The molecule has 0 bridgehead atoms. The number of nitrogens with zero attached hydrogens (tertiary/aromatic N) is 1. The Morgan fingerprint density at radius 3 is 2.79 bits per heavy atom. The van der Waals surface area contributed by atoms with Crippen LogP contribution in [0.4, 0.5) is 0 Å². The molecule has 1 heterocycles. The first-order valence-electron chi connectivity index (χ1n) is 6.70. The van der Waals surface area contributed by atoms with Gasteiger partial charge < -0.3 is 9.84 Å². The molecule has 0 radical (unpaired) electrons. The van der Waals surface area contributed by atoms with E-state index < -0.39 is 12.1 Å². The highest BCUT2D eigenvalue weighted by Crippen LogP contribution is 2.31. The number of carbonyl (C=O) groups excluding carboxylic acids is 1. The summed E-state index contributed by atoms with van der Waals surface area (Å²) in [5.41, 5.74) is 0.512. The molecule has 0 fully saturated rings. The molecule has 108 valence electrons. The van der Waals surface area contributed by atoms with Gasteiger partial charge in [0.2, 0.25) is 0 Å². The highest BCUT2D eigenvalue weighted by atomic mass is 32.1. The number of esters is 1. The van der Waals surface area contributed by atoms with Crippen molar-refractivity contribution < 1.29 is 14.6 Å². The molecular weight excluding hydrogens is 262 g/mol. The summed E-state index contributed by atoms with van der Waals surface area (Å²) >= 11 is 1.31. The lowest BCUT2D eigenvalue weighted by atomic mass is 9.84. The Bertz CT molecular complexity index is 415. The Balaban J connectivity index is 2.58. The van der Waals surface area contributed by atoms with Gasteiger partial charge in [0.25, 0.3) is 0 Å². The quantitative estimate of drug-likeness (QED) is 0.778. The van der Waals surface area contributed by atoms with Crippen molar-refractivity contribution in [2.45, 2.75) is 53.1 Å². The van der Waals surface area contributed by atoms with Crippen molar-refractivity contribution >= 4 is 17.3 Å². The van der Waals surface area contributed by atoms with E-state index in [0.29, 0.717) is 18.0 Å². The van der Waals surface area contributed by atoms with Crippen LogP contribution < -0.4 is 0 Å². The molecule has 1 rings (SSSR count). The Morgan fingerprint density at radius 2 is 2.21 bits per heavy atom. The third kappa shape index (κ3) is 4.91. The third-order valence-electron chi connectivity index (χ3n) is 3.34. The zero-order chi connectivity index (χ0) is 14.5. The lowest BCUT2D eigenvalue weighted by Crippen LogP contribution is -2.12. The zero-order valence-corrected chi connectivity index (χ0v) is 12.9. The molecule has 1 aromatic rings. The van der Waals surface area contributed by atoms with E-state index in [1.807, 2.05) is 0 Å². The average molecular weight is 285 g/mol. The Kier molecular flexibility index (Phi) is 5.94. The summed E-state index contributed by atoms with van der Waals surface area (Å²) in [6.07, 6.45) is 2.07. The van der Waals surface area contributed by atoms with E-state index in [1.165, 1.54) is 11.3 Å². The lowest BCUT2D eigenvalue weighted by Gasteiger charge is -2.23. The minimum atomic E-state index is -0.598. The van der Waals surface area contributed by atoms with Gasteiger partial charge in [0.1, 0.15) is 11.1 Å². The van der Waals surface area contributed by atoms with Gasteiger partial charge in [-0.3, -0.25) is 0 Å². The smallest absolute Gasteiger partial charge is 0.357 e. The summed E-state index contributed by atoms with van der Waals surface area (Å²) in [6, 6.07) is 0. The fraction of sp³-hybridized carbons (Fsp3) is 0.714. The van der Waals surface area contributed by atoms with Gasteiger partial charge in [0.15, 0.2) is 5.69 Å². The molecule has 0 aromatic carbocycles. The summed E-state index contributed by atoms with van der Waals surface area (Å²) in [5.74, 6) is -0.425.